The number of aromatic nitrogens is 1. The molecular weight excluding hydrogens is 256 g/mol. The third kappa shape index (κ3) is 2.46. The Hall–Kier alpha value is -1.62. The molecule has 18 heavy (non-hydrogen) atoms. The summed E-state index contributed by atoms with van der Waals surface area (Å²) < 4.78 is 0. The third-order valence-electron chi connectivity index (χ3n) is 3.16. The van der Waals surface area contributed by atoms with Crippen LogP contribution in [0.2, 0.25) is 5.02 Å². The van der Waals surface area contributed by atoms with Crippen LogP contribution < -0.4 is 0 Å². The molecule has 1 amide bonds. The first-order chi connectivity index (χ1) is 8.49. The molecule has 0 radical (unpaired) electrons. The molecule has 1 aliphatic rings. The lowest BCUT2D eigenvalue weighted by Gasteiger charge is -2.15. The lowest BCUT2D eigenvalue weighted by Crippen LogP contribution is -2.30. The Morgan fingerprint density at radius 1 is 1.44 bits per heavy atom. The van der Waals surface area contributed by atoms with E-state index in [0.29, 0.717) is 11.6 Å². The third-order valence-corrected chi connectivity index (χ3v) is 3.39. The molecule has 2 rings (SSSR count). The molecule has 1 aromatic rings. The van der Waals surface area contributed by atoms with E-state index < -0.39 is 11.9 Å². The zero-order chi connectivity index (χ0) is 13.3. The number of carboxylic acid groups (broad SMARTS) is 1. The van der Waals surface area contributed by atoms with Gasteiger partial charge in [-0.05, 0) is 18.1 Å². The molecule has 0 spiro atoms. The molecule has 0 bridgehead atoms. The summed E-state index contributed by atoms with van der Waals surface area (Å²) in [4.78, 5) is 28.6. The second-order valence-corrected chi connectivity index (χ2v) is 4.93. The average molecular weight is 269 g/mol. The van der Waals surface area contributed by atoms with Crippen LogP contribution in [-0.2, 0) is 4.79 Å². The number of amides is 1. The minimum Gasteiger partial charge on any atom is -0.481 e. The van der Waals surface area contributed by atoms with Crippen LogP contribution in [-0.4, -0.2) is 40.0 Å². The molecule has 6 heteroatoms. The highest BCUT2D eigenvalue weighted by Gasteiger charge is 2.37. The van der Waals surface area contributed by atoms with Crippen LogP contribution in [0.3, 0.4) is 0 Å². The van der Waals surface area contributed by atoms with Gasteiger partial charge in [0.2, 0.25) is 0 Å². The molecule has 1 aliphatic heterocycles. The fourth-order valence-corrected chi connectivity index (χ4v) is 2.23. The van der Waals surface area contributed by atoms with Gasteiger partial charge in [-0.25, -0.2) is 4.98 Å². The van der Waals surface area contributed by atoms with Gasteiger partial charge in [-0.15, -0.1) is 0 Å². The number of carbonyl (C=O) groups is 2. The number of carbonyl (C=O) groups excluding carboxylic acids is 1. The van der Waals surface area contributed by atoms with Crippen molar-refractivity contribution in [3.63, 3.8) is 0 Å². The molecule has 2 atom stereocenters. The molecule has 0 unspecified atom stereocenters. The van der Waals surface area contributed by atoms with Crippen molar-refractivity contribution in [2.75, 3.05) is 13.1 Å². The molecule has 5 nitrogen and oxygen atoms in total. The van der Waals surface area contributed by atoms with Gasteiger partial charge in [-0.2, -0.15) is 0 Å². The molecule has 1 fully saturated rings. The summed E-state index contributed by atoms with van der Waals surface area (Å²) in [7, 11) is 0. The fraction of sp³-hybridized carbons (Fsp3) is 0.417. The normalized spacial score (nSPS) is 23.1. The van der Waals surface area contributed by atoms with Crippen LogP contribution in [0.5, 0.6) is 0 Å². The van der Waals surface area contributed by atoms with E-state index in [4.69, 9.17) is 16.7 Å². The van der Waals surface area contributed by atoms with E-state index in [0.717, 1.165) is 0 Å². The quantitative estimate of drug-likeness (QED) is 0.883. The van der Waals surface area contributed by atoms with Crippen LogP contribution in [0, 0.1) is 11.8 Å². The van der Waals surface area contributed by atoms with Crippen molar-refractivity contribution in [3.05, 3.63) is 29.0 Å². The number of aliphatic carboxylic acids is 1. The van der Waals surface area contributed by atoms with Gasteiger partial charge in [-0.3, -0.25) is 9.59 Å². The van der Waals surface area contributed by atoms with Crippen LogP contribution in [0.4, 0.5) is 0 Å². The second kappa shape index (κ2) is 4.94. The maximum atomic E-state index is 12.1. The van der Waals surface area contributed by atoms with Crippen LogP contribution in [0.15, 0.2) is 18.3 Å². The molecule has 0 saturated carbocycles. The molecule has 96 valence electrons. The highest BCUT2D eigenvalue weighted by molar-refractivity contribution is 6.30. The van der Waals surface area contributed by atoms with Crippen molar-refractivity contribution < 1.29 is 14.7 Å². The fourth-order valence-electron chi connectivity index (χ4n) is 2.12. The molecule has 0 aromatic carbocycles. The molecule has 2 heterocycles. The molecule has 1 aromatic heterocycles. The highest BCUT2D eigenvalue weighted by Crippen LogP contribution is 2.24. The van der Waals surface area contributed by atoms with E-state index in [2.05, 4.69) is 4.98 Å². The maximum absolute atomic E-state index is 12.1. The van der Waals surface area contributed by atoms with E-state index in [1.54, 1.807) is 12.1 Å². The lowest BCUT2D eigenvalue weighted by molar-refractivity contribution is -0.142. The maximum Gasteiger partial charge on any atom is 0.308 e. The van der Waals surface area contributed by atoms with Crippen molar-refractivity contribution in [1.82, 2.24) is 9.88 Å². The molecule has 1 saturated heterocycles. The van der Waals surface area contributed by atoms with Crippen molar-refractivity contribution in [2.45, 2.75) is 6.92 Å². The van der Waals surface area contributed by atoms with Crippen LogP contribution in [0.25, 0.3) is 0 Å². The highest BCUT2D eigenvalue weighted by atomic mass is 35.5. The molecule has 0 aliphatic carbocycles. The summed E-state index contributed by atoms with van der Waals surface area (Å²) in [6.45, 7) is 2.51. The second-order valence-electron chi connectivity index (χ2n) is 4.49. The van der Waals surface area contributed by atoms with Gasteiger partial charge >= 0.3 is 5.97 Å². The summed E-state index contributed by atoms with van der Waals surface area (Å²) in [6, 6.07) is 3.14. The van der Waals surface area contributed by atoms with E-state index >= 15 is 0 Å². The topological polar surface area (TPSA) is 70.5 Å². The Bertz CT molecular complexity index is 475. The Kier molecular flexibility index (Phi) is 3.52. The van der Waals surface area contributed by atoms with E-state index in [1.165, 1.54) is 11.1 Å². The molecule has 1 N–H and O–H groups in total. The summed E-state index contributed by atoms with van der Waals surface area (Å²) >= 11 is 5.70. The number of hydrogen-bond donors (Lipinski definition) is 1. The minimum atomic E-state index is -0.859. The van der Waals surface area contributed by atoms with E-state index in [-0.39, 0.29) is 24.1 Å². The minimum absolute atomic E-state index is 0.0428. The molecular formula is C12H13ClN2O3. The average Bonchev–Trinajstić information content (AvgIpc) is 2.71. The predicted octanol–water partition coefficient (Wildman–Crippen LogP) is 1.53. The first-order valence-corrected chi connectivity index (χ1v) is 6.00. The SMILES string of the molecule is C[C@@H]1CN(C(=O)c2ccc(Cl)cn2)C[C@H]1C(=O)O. The van der Waals surface area contributed by atoms with Crippen molar-refractivity contribution in [2.24, 2.45) is 11.8 Å². The smallest absolute Gasteiger partial charge is 0.308 e. The van der Waals surface area contributed by atoms with Gasteiger partial charge in [0.15, 0.2) is 0 Å². The van der Waals surface area contributed by atoms with Gasteiger partial charge in [0, 0.05) is 19.3 Å². The number of hydrogen-bond acceptors (Lipinski definition) is 3. The first-order valence-electron chi connectivity index (χ1n) is 5.62. The largest absolute Gasteiger partial charge is 0.481 e. The predicted molar refractivity (Wildman–Crippen MR) is 65.4 cm³/mol. The monoisotopic (exact) mass is 268 g/mol. The number of halogens is 1. The lowest BCUT2D eigenvalue weighted by atomic mass is 9.99. The Labute approximate surface area is 109 Å². The summed E-state index contributed by atoms with van der Waals surface area (Å²) in [6.07, 6.45) is 1.41. The van der Waals surface area contributed by atoms with Crippen molar-refractivity contribution in [3.8, 4) is 0 Å². The van der Waals surface area contributed by atoms with Crippen LogP contribution >= 0.6 is 11.6 Å². The van der Waals surface area contributed by atoms with E-state index in [1.807, 2.05) is 6.92 Å². The number of rotatable bonds is 2. The van der Waals surface area contributed by atoms with Gasteiger partial charge in [0.05, 0.1) is 10.9 Å². The summed E-state index contributed by atoms with van der Waals surface area (Å²) in [5.74, 6) is -1.65. The van der Waals surface area contributed by atoms with Crippen molar-refractivity contribution in [1.29, 1.82) is 0 Å². The van der Waals surface area contributed by atoms with Gasteiger partial charge in [0.1, 0.15) is 5.69 Å². The number of carboxylic acids is 1. The number of pyridine rings is 1. The Morgan fingerprint density at radius 2 is 2.17 bits per heavy atom. The summed E-state index contributed by atoms with van der Waals surface area (Å²) in [5.41, 5.74) is 0.289. The van der Waals surface area contributed by atoms with Gasteiger partial charge in [0.25, 0.3) is 5.91 Å². The Balaban J connectivity index is 2.12. The zero-order valence-electron chi connectivity index (χ0n) is 9.84. The van der Waals surface area contributed by atoms with Crippen molar-refractivity contribution >= 4 is 23.5 Å². The first kappa shape index (κ1) is 12.8. The number of nitrogens with zero attached hydrogens (tertiary/aromatic N) is 2. The zero-order valence-corrected chi connectivity index (χ0v) is 10.6. The Morgan fingerprint density at radius 3 is 2.67 bits per heavy atom. The van der Waals surface area contributed by atoms with Gasteiger partial charge < -0.3 is 10.0 Å². The van der Waals surface area contributed by atoms with Gasteiger partial charge in [-0.1, -0.05) is 18.5 Å². The standard InChI is InChI=1S/C12H13ClN2O3/c1-7-5-15(6-9(7)12(17)18)11(16)10-3-2-8(13)4-14-10/h2-4,7,9H,5-6H2,1H3,(H,17,18)/t7-,9-/m1/s1. The number of likely N-dealkylation sites (tertiary alicyclic amines) is 1. The summed E-state index contributed by atoms with van der Waals surface area (Å²) in [5, 5.41) is 9.48. The van der Waals surface area contributed by atoms with Crippen LogP contribution in [0.1, 0.15) is 17.4 Å². The van der Waals surface area contributed by atoms with E-state index in [9.17, 15) is 9.59 Å².